The molecule has 0 aliphatic heterocycles. The molecule has 1 aliphatic rings. The van der Waals surface area contributed by atoms with Crippen molar-refractivity contribution < 1.29 is 4.79 Å². The molecule has 1 unspecified atom stereocenters. The SMILES string of the molecule is CCCCN(CC)C(=O)C1CCc2nc[nH]c2C1. The maximum absolute atomic E-state index is 12.5. The lowest BCUT2D eigenvalue weighted by atomic mass is 9.88. The lowest BCUT2D eigenvalue weighted by molar-refractivity contribution is -0.135. The van der Waals surface area contributed by atoms with Crippen LogP contribution < -0.4 is 0 Å². The average molecular weight is 249 g/mol. The van der Waals surface area contributed by atoms with E-state index in [1.165, 1.54) is 0 Å². The minimum atomic E-state index is 0.148. The Morgan fingerprint density at radius 3 is 3.11 bits per heavy atom. The Bertz CT molecular complexity index is 399. The summed E-state index contributed by atoms with van der Waals surface area (Å²) >= 11 is 0. The molecule has 1 atom stereocenters. The first kappa shape index (κ1) is 13.1. The molecule has 0 saturated carbocycles. The van der Waals surface area contributed by atoms with Crippen molar-refractivity contribution in [3.8, 4) is 0 Å². The van der Waals surface area contributed by atoms with Crippen LogP contribution in [-0.4, -0.2) is 33.9 Å². The zero-order valence-electron chi connectivity index (χ0n) is 11.4. The summed E-state index contributed by atoms with van der Waals surface area (Å²) in [5, 5.41) is 0. The highest BCUT2D eigenvalue weighted by atomic mass is 16.2. The molecule has 2 rings (SSSR count). The van der Waals surface area contributed by atoms with Gasteiger partial charge in [0.25, 0.3) is 0 Å². The van der Waals surface area contributed by atoms with Gasteiger partial charge in [0.15, 0.2) is 0 Å². The first-order valence-corrected chi connectivity index (χ1v) is 7.06. The minimum Gasteiger partial charge on any atom is -0.348 e. The Hall–Kier alpha value is -1.32. The van der Waals surface area contributed by atoms with E-state index in [4.69, 9.17) is 0 Å². The number of aromatic nitrogens is 2. The summed E-state index contributed by atoms with van der Waals surface area (Å²) in [5.41, 5.74) is 2.31. The Labute approximate surface area is 109 Å². The van der Waals surface area contributed by atoms with Crippen LogP contribution in [0.1, 0.15) is 44.5 Å². The Kier molecular flexibility index (Phi) is 4.39. The van der Waals surface area contributed by atoms with Gasteiger partial charge in [-0.3, -0.25) is 4.79 Å². The van der Waals surface area contributed by atoms with Crippen LogP contribution in [0.2, 0.25) is 0 Å². The van der Waals surface area contributed by atoms with Crippen molar-refractivity contribution >= 4 is 5.91 Å². The molecule has 1 aliphatic carbocycles. The normalized spacial score (nSPS) is 18.4. The van der Waals surface area contributed by atoms with E-state index in [0.29, 0.717) is 5.91 Å². The molecule has 100 valence electrons. The predicted molar refractivity (Wildman–Crippen MR) is 71.3 cm³/mol. The third-order valence-corrected chi connectivity index (χ3v) is 3.81. The molecule has 1 aromatic heterocycles. The zero-order valence-corrected chi connectivity index (χ0v) is 11.4. The number of hydrogen-bond acceptors (Lipinski definition) is 2. The van der Waals surface area contributed by atoms with E-state index >= 15 is 0 Å². The summed E-state index contributed by atoms with van der Waals surface area (Å²) in [7, 11) is 0. The maximum atomic E-state index is 12.5. The van der Waals surface area contributed by atoms with E-state index in [9.17, 15) is 4.79 Å². The number of rotatable bonds is 5. The first-order chi connectivity index (χ1) is 8.76. The Morgan fingerprint density at radius 1 is 1.56 bits per heavy atom. The third kappa shape index (κ3) is 2.74. The smallest absolute Gasteiger partial charge is 0.226 e. The molecular weight excluding hydrogens is 226 g/mol. The van der Waals surface area contributed by atoms with Gasteiger partial charge in [0.1, 0.15) is 0 Å². The number of aryl methyl sites for hydroxylation is 1. The monoisotopic (exact) mass is 249 g/mol. The molecule has 0 radical (unpaired) electrons. The molecule has 4 nitrogen and oxygen atoms in total. The number of nitrogens with zero attached hydrogens (tertiary/aromatic N) is 2. The highest BCUT2D eigenvalue weighted by molar-refractivity contribution is 5.79. The largest absolute Gasteiger partial charge is 0.348 e. The van der Waals surface area contributed by atoms with Gasteiger partial charge in [-0.2, -0.15) is 0 Å². The molecule has 1 N–H and O–H groups in total. The van der Waals surface area contributed by atoms with E-state index in [-0.39, 0.29) is 5.92 Å². The number of carbonyl (C=O) groups excluding carboxylic acids is 1. The lowest BCUT2D eigenvalue weighted by Crippen LogP contribution is -2.39. The highest BCUT2D eigenvalue weighted by Crippen LogP contribution is 2.24. The summed E-state index contributed by atoms with van der Waals surface area (Å²) in [5.74, 6) is 0.473. The van der Waals surface area contributed by atoms with Gasteiger partial charge in [0, 0.05) is 31.1 Å². The molecule has 4 heteroatoms. The van der Waals surface area contributed by atoms with Crippen molar-refractivity contribution in [2.45, 2.75) is 46.0 Å². The molecule has 0 bridgehead atoms. The van der Waals surface area contributed by atoms with Crippen LogP contribution in [0, 0.1) is 5.92 Å². The van der Waals surface area contributed by atoms with Gasteiger partial charge in [-0.25, -0.2) is 4.98 Å². The summed E-state index contributed by atoms with van der Waals surface area (Å²) in [6.07, 6.45) is 6.68. The second-order valence-corrected chi connectivity index (χ2v) is 5.04. The fourth-order valence-electron chi connectivity index (χ4n) is 2.64. The Balaban J connectivity index is 1.97. The van der Waals surface area contributed by atoms with E-state index in [2.05, 4.69) is 23.8 Å². The lowest BCUT2D eigenvalue weighted by Gasteiger charge is -2.28. The number of H-pyrrole nitrogens is 1. The second kappa shape index (κ2) is 6.03. The van der Waals surface area contributed by atoms with Gasteiger partial charge in [-0.15, -0.1) is 0 Å². The van der Waals surface area contributed by atoms with Crippen molar-refractivity contribution in [3.63, 3.8) is 0 Å². The third-order valence-electron chi connectivity index (χ3n) is 3.81. The van der Waals surface area contributed by atoms with Crippen molar-refractivity contribution in [1.29, 1.82) is 0 Å². The number of aromatic amines is 1. The minimum absolute atomic E-state index is 0.148. The van der Waals surface area contributed by atoms with Crippen LogP contribution in [0.3, 0.4) is 0 Å². The fraction of sp³-hybridized carbons (Fsp3) is 0.714. The predicted octanol–water partition coefficient (Wildman–Crippen LogP) is 2.16. The molecule has 1 heterocycles. The topological polar surface area (TPSA) is 49.0 Å². The summed E-state index contributed by atoms with van der Waals surface area (Å²) in [4.78, 5) is 21.9. The van der Waals surface area contributed by atoms with Crippen LogP contribution in [0.25, 0.3) is 0 Å². The van der Waals surface area contributed by atoms with Crippen molar-refractivity contribution in [1.82, 2.24) is 14.9 Å². The molecule has 0 aromatic carbocycles. The average Bonchev–Trinajstić information content (AvgIpc) is 2.86. The van der Waals surface area contributed by atoms with E-state index in [1.807, 2.05) is 4.90 Å². The van der Waals surface area contributed by atoms with Gasteiger partial charge in [0.2, 0.25) is 5.91 Å². The number of fused-ring (bicyclic) bond motifs is 1. The van der Waals surface area contributed by atoms with Crippen LogP contribution in [0.5, 0.6) is 0 Å². The first-order valence-electron chi connectivity index (χ1n) is 7.06. The van der Waals surface area contributed by atoms with Crippen molar-refractivity contribution in [2.75, 3.05) is 13.1 Å². The number of amides is 1. The number of imidazole rings is 1. The number of hydrogen-bond donors (Lipinski definition) is 1. The van der Waals surface area contributed by atoms with Gasteiger partial charge in [-0.1, -0.05) is 13.3 Å². The van der Waals surface area contributed by atoms with E-state index in [1.54, 1.807) is 6.33 Å². The van der Waals surface area contributed by atoms with E-state index < -0.39 is 0 Å². The highest BCUT2D eigenvalue weighted by Gasteiger charge is 2.28. The van der Waals surface area contributed by atoms with Crippen molar-refractivity contribution in [3.05, 3.63) is 17.7 Å². The zero-order chi connectivity index (χ0) is 13.0. The number of carbonyl (C=O) groups is 1. The van der Waals surface area contributed by atoms with Gasteiger partial charge in [0.05, 0.1) is 12.0 Å². The fourth-order valence-corrected chi connectivity index (χ4v) is 2.64. The molecule has 1 aromatic rings. The van der Waals surface area contributed by atoms with Crippen LogP contribution in [-0.2, 0) is 17.6 Å². The van der Waals surface area contributed by atoms with Gasteiger partial charge >= 0.3 is 0 Å². The standard InChI is InChI=1S/C14H23N3O/c1-3-5-8-17(4-2)14(18)11-6-7-12-13(9-11)16-10-15-12/h10-11H,3-9H2,1-2H3,(H,15,16). The second-order valence-electron chi connectivity index (χ2n) is 5.04. The van der Waals surface area contributed by atoms with Gasteiger partial charge < -0.3 is 9.88 Å². The molecule has 1 amide bonds. The molecule has 0 fully saturated rings. The molecule has 0 spiro atoms. The van der Waals surface area contributed by atoms with E-state index in [0.717, 1.165) is 56.6 Å². The quantitative estimate of drug-likeness (QED) is 0.869. The van der Waals surface area contributed by atoms with Crippen LogP contribution >= 0.6 is 0 Å². The molecule has 0 saturated heterocycles. The summed E-state index contributed by atoms with van der Waals surface area (Å²) < 4.78 is 0. The van der Waals surface area contributed by atoms with Gasteiger partial charge in [-0.05, 0) is 26.2 Å². The molecule has 18 heavy (non-hydrogen) atoms. The molecular formula is C14H23N3O. The number of nitrogens with one attached hydrogen (secondary N) is 1. The summed E-state index contributed by atoms with van der Waals surface area (Å²) in [6, 6.07) is 0. The van der Waals surface area contributed by atoms with Crippen molar-refractivity contribution in [2.24, 2.45) is 5.92 Å². The maximum Gasteiger partial charge on any atom is 0.226 e. The van der Waals surface area contributed by atoms with Crippen LogP contribution in [0.15, 0.2) is 6.33 Å². The Morgan fingerprint density at radius 2 is 2.39 bits per heavy atom. The number of unbranched alkanes of at least 4 members (excludes halogenated alkanes) is 1. The summed E-state index contributed by atoms with van der Waals surface area (Å²) in [6.45, 7) is 5.96. The van der Waals surface area contributed by atoms with Crippen LogP contribution in [0.4, 0.5) is 0 Å².